The van der Waals surface area contributed by atoms with E-state index in [9.17, 15) is 4.79 Å². The van der Waals surface area contributed by atoms with Crippen molar-refractivity contribution < 1.29 is 9.53 Å². The Hall–Kier alpha value is -4.66. The van der Waals surface area contributed by atoms with Crippen LogP contribution in [0.1, 0.15) is 57.3 Å². The van der Waals surface area contributed by atoms with Crippen LogP contribution < -0.4 is 15.8 Å². The molecule has 198 valence electrons. The third-order valence-electron chi connectivity index (χ3n) is 7.12. The molecule has 2 aromatic carbocycles. The van der Waals surface area contributed by atoms with Crippen LogP contribution in [0.25, 0.3) is 10.8 Å². The van der Waals surface area contributed by atoms with Gasteiger partial charge in [0.25, 0.3) is 5.91 Å². The van der Waals surface area contributed by atoms with E-state index in [0.717, 1.165) is 52.7 Å². The van der Waals surface area contributed by atoms with Gasteiger partial charge in [0, 0.05) is 53.9 Å². The van der Waals surface area contributed by atoms with Crippen LogP contribution in [-0.2, 0) is 19.6 Å². The maximum atomic E-state index is 13.2. The zero-order valence-electron chi connectivity index (χ0n) is 22.1. The molecule has 5 aromatic rings. The summed E-state index contributed by atoms with van der Waals surface area (Å²) >= 11 is 0. The van der Waals surface area contributed by atoms with E-state index >= 15 is 0 Å². The normalized spacial score (nSPS) is 13.1. The van der Waals surface area contributed by atoms with Crippen molar-refractivity contribution in [3.05, 3.63) is 101 Å². The second-order valence-electron chi connectivity index (χ2n) is 10.2. The number of imidazole rings is 1. The van der Waals surface area contributed by atoms with Crippen LogP contribution in [0.15, 0.2) is 67.3 Å². The fraction of sp³-hybridized carbons (Fsp3) is 0.267. The van der Waals surface area contributed by atoms with Gasteiger partial charge in [-0.05, 0) is 42.5 Å². The van der Waals surface area contributed by atoms with Gasteiger partial charge in [0.15, 0.2) is 0 Å². The van der Waals surface area contributed by atoms with Crippen LogP contribution >= 0.6 is 0 Å². The summed E-state index contributed by atoms with van der Waals surface area (Å²) < 4.78 is 9.72. The third kappa shape index (κ3) is 5.20. The Kier molecular flexibility index (Phi) is 6.48. The molecule has 3 N–H and O–H groups in total. The zero-order chi connectivity index (χ0) is 26.9. The third-order valence-corrected chi connectivity index (χ3v) is 7.12. The number of anilines is 1. The number of nitrogens with two attached hydrogens (primary N) is 1. The van der Waals surface area contributed by atoms with Gasteiger partial charge in [-0.1, -0.05) is 36.4 Å². The van der Waals surface area contributed by atoms with Crippen molar-refractivity contribution in [3.8, 4) is 5.75 Å². The number of benzene rings is 2. The maximum absolute atomic E-state index is 13.2. The Balaban J connectivity index is 1.16. The molecule has 3 aromatic heterocycles. The number of fused-ring (bicyclic) bond motifs is 1. The van der Waals surface area contributed by atoms with Gasteiger partial charge in [-0.15, -0.1) is 0 Å². The molecule has 0 bridgehead atoms. The van der Waals surface area contributed by atoms with E-state index in [1.807, 2.05) is 48.4 Å². The first-order valence-corrected chi connectivity index (χ1v) is 13.1. The van der Waals surface area contributed by atoms with Crippen molar-refractivity contribution in [1.82, 2.24) is 29.6 Å². The first kappa shape index (κ1) is 24.7. The summed E-state index contributed by atoms with van der Waals surface area (Å²) in [5, 5.41) is 9.07. The molecule has 0 aliphatic heterocycles. The summed E-state index contributed by atoms with van der Waals surface area (Å²) in [7, 11) is 1.62. The molecular weight excluding hydrogens is 490 g/mol. The van der Waals surface area contributed by atoms with Crippen LogP contribution in [0.5, 0.6) is 5.75 Å². The number of nitrogens with one attached hydrogen (secondary N) is 1. The van der Waals surface area contributed by atoms with E-state index < -0.39 is 0 Å². The first-order chi connectivity index (χ1) is 19.0. The van der Waals surface area contributed by atoms with Crippen LogP contribution in [-0.4, -0.2) is 37.3 Å². The van der Waals surface area contributed by atoms with Gasteiger partial charge < -0.3 is 20.4 Å². The van der Waals surface area contributed by atoms with E-state index in [1.54, 1.807) is 13.3 Å². The highest BCUT2D eigenvalue weighted by atomic mass is 16.5. The highest BCUT2D eigenvalue weighted by Gasteiger charge is 2.30. The summed E-state index contributed by atoms with van der Waals surface area (Å²) in [6.45, 7) is 3.76. The number of nitrogen functional groups attached to an aromatic ring is 1. The van der Waals surface area contributed by atoms with Gasteiger partial charge in [-0.2, -0.15) is 5.10 Å². The summed E-state index contributed by atoms with van der Waals surface area (Å²) in [5.74, 6) is 2.30. The second-order valence-corrected chi connectivity index (χ2v) is 10.2. The minimum absolute atomic E-state index is 0.211. The molecule has 0 spiro atoms. The van der Waals surface area contributed by atoms with E-state index in [1.165, 1.54) is 5.56 Å². The van der Waals surface area contributed by atoms with Crippen molar-refractivity contribution in [2.24, 2.45) is 0 Å². The Bertz CT molecular complexity index is 1650. The SMILES string of the molecule is COc1c(CNC(=O)c2cn(Cc3ccc(Cn4cc(C)cn4)cc3)c(C3CC3)n2)ccc2c(N)nccc12. The second kappa shape index (κ2) is 10.2. The number of carbonyl (C=O) groups excluding carboxylic acids is 1. The minimum Gasteiger partial charge on any atom is -0.496 e. The molecule has 1 saturated carbocycles. The van der Waals surface area contributed by atoms with Gasteiger partial charge in [0.2, 0.25) is 0 Å². The number of amides is 1. The van der Waals surface area contributed by atoms with Crippen molar-refractivity contribution >= 4 is 22.5 Å². The Morgan fingerprint density at radius 1 is 1.05 bits per heavy atom. The molecule has 0 radical (unpaired) electrons. The predicted molar refractivity (Wildman–Crippen MR) is 150 cm³/mol. The topological polar surface area (TPSA) is 113 Å². The smallest absolute Gasteiger partial charge is 0.271 e. The molecule has 0 atom stereocenters. The van der Waals surface area contributed by atoms with Crippen molar-refractivity contribution in [1.29, 1.82) is 0 Å². The monoisotopic (exact) mass is 521 g/mol. The largest absolute Gasteiger partial charge is 0.496 e. The number of rotatable bonds is 9. The molecule has 3 heterocycles. The highest BCUT2D eigenvalue weighted by molar-refractivity contribution is 5.96. The van der Waals surface area contributed by atoms with Crippen molar-refractivity contribution in [2.75, 3.05) is 12.8 Å². The lowest BCUT2D eigenvalue weighted by atomic mass is 10.1. The van der Waals surface area contributed by atoms with E-state index in [2.05, 4.69) is 44.2 Å². The average Bonchev–Trinajstić information content (AvgIpc) is 3.57. The van der Waals surface area contributed by atoms with E-state index in [0.29, 0.717) is 36.3 Å². The lowest BCUT2D eigenvalue weighted by Crippen LogP contribution is -2.23. The molecular formula is C30H31N7O2. The lowest BCUT2D eigenvalue weighted by Gasteiger charge is -2.13. The number of hydrogen-bond acceptors (Lipinski definition) is 6. The molecule has 39 heavy (non-hydrogen) atoms. The van der Waals surface area contributed by atoms with E-state index in [-0.39, 0.29) is 5.91 Å². The fourth-order valence-corrected chi connectivity index (χ4v) is 4.96. The van der Waals surface area contributed by atoms with Gasteiger partial charge in [-0.25, -0.2) is 9.97 Å². The minimum atomic E-state index is -0.211. The summed E-state index contributed by atoms with van der Waals surface area (Å²) in [6.07, 6.45) is 9.64. The number of aryl methyl sites for hydroxylation is 1. The number of carbonyl (C=O) groups is 1. The summed E-state index contributed by atoms with van der Waals surface area (Å²) in [4.78, 5) is 22.0. The van der Waals surface area contributed by atoms with Gasteiger partial charge in [-0.3, -0.25) is 9.48 Å². The quantitative estimate of drug-likeness (QED) is 0.297. The first-order valence-electron chi connectivity index (χ1n) is 13.1. The van der Waals surface area contributed by atoms with E-state index in [4.69, 9.17) is 15.5 Å². The van der Waals surface area contributed by atoms with Crippen LogP contribution in [0.4, 0.5) is 5.82 Å². The number of ether oxygens (including phenoxy) is 1. The van der Waals surface area contributed by atoms with Gasteiger partial charge in [0.05, 0.1) is 19.9 Å². The molecule has 9 heteroatoms. The lowest BCUT2D eigenvalue weighted by molar-refractivity contribution is 0.0946. The molecule has 9 nitrogen and oxygen atoms in total. The Morgan fingerprint density at radius 3 is 2.51 bits per heavy atom. The molecule has 6 rings (SSSR count). The number of hydrogen-bond donors (Lipinski definition) is 2. The summed E-state index contributed by atoms with van der Waals surface area (Å²) in [5.41, 5.74) is 10.8. The van der Waals surface area contributed by atoms with Crippen LogP contribution in [0, 0.1) is 6.92 Å². The molecule has 1 amide bonds. The van der Waals surface area contributed by atoms with Crippen molar-refractivity contribution in [3.63, 3.8) is 0 Å². The molecule has 1 aliphatic carbocycles. The Morgan fingerprint density at radius 2 is 1.82 bits per heavy atom. The average molecular weight is 522 g/mol. The highest BCUT2D eigenvalue weighted by Crippen LogP contribution is 2.39. The fourth-order valence-electron chi connectivity index (χ4n) is 4.96. The number of aromatic nitrogens is 5. The van der Waals surface area contributed by atoms with Crippen LogP contribution in [0.2, 0.25) is 0 Å². The molecule has 0 unspecified atom stereocenters. The maximum Gasteiger partial charge on any atom is 0.271 e. The number of methoxy groups -OCH3 is 1. The standard InChI is InChI=1S/C30H31N7O2/c1-19-13-34-37(15-19)17-21-5-3-20(4-6-21)16-36-18-26(35-29(36)22-7-8-22)30(38)33-14-23-9-10-25-24(27(23)39-2)11-12-32-28(25)31/h3-6,9-13,15,18,22H,7-8,14,16-17H2,1-2H3,(H2,31,32)(H,33,38). The van der Waals surface area contributed by atoms with Gasteiger partial charge >= 0.3 is 0 Å². The zero-order valence-corrected chi connectivity index (χ0v) is 22.1. The Labute approximate surface area is 226 Å². The number of nitrogens with zero attached hydrogens (tertiary/aromatic N) is 5. The predicted octanol–water partition coefficient (Wildman–Crippen LogP) is 4.43. The summed E-state index contributed by atoms with van der Waals surface area (Å²) in [6, 6.07) is 14.2. The van der Waals surface area contributed by atoms with Crippen LogP contribution in [0.3, 0.4) is 0 Å². The number of pyridine rings is 1. The molecule has 1 aliphatic rings. The van der Waals surface area contributed by atoms with Gasteiger partial charge in [0.1, 0.15) is 23.1 Å². The molecule has 1 fully saturated rings. The molecule has 0 saturated heterocycles. The van der Waals surface area contributed by atoms with Crippen molar-refractivity contribution in [2.45, 2.75) is 45.3 Å².